The van der Waals surface area contributed by atoms with E-state index in [0.717, 1.165) is 43.2 Å². The van der Waals surface area contributed by atoms with Crippen LogP contribution in [0.25, 0.3) is 0 Å². The second kappa shape index (κ2) is 12.7. The molecule has 2 rings (SSSR count). The number of hydrogen-bond acceptors (Lipinski definition) is 3. The molecule has 1 amide bonds. The van der Waals surface area contributed by atoms with Gasteiger partial charge in [0.1, 0.15) is 0 Å². The maximum absolute atomic E-state index is 14.1. The van der Waals surface area contributed by atoms with Gasteiger partial charge in [-0.25, -0.2) is 0 Å². The Kier molecular flexibility index (Phi) is 10.6. The van der Waals surface area contributed by atoms with Gasteiger partial charge in [0.15, 0.2) is 0 Å². The molecule has 1 N–H and O–H groups in total. The predicted molar refractivity (Wildman–Crippen MR) is 142 cm³/mol. The van der Waals surface area contributed by atoms with Crippen LogP contribution in [0.15, 0.2) is 29.5 Å². The number of aryl methyl sites for hydroxylation is 2. The average molecular weight is 551 g/mol. The fourth-order valence-corrected chi connectivity index (χ4v) is 4.57. The van der Waals surface area contributed by atoms with Crippen molar-refractivity contribution < 1.29 is 9.59 Å². The summed E-state index contributed by atoms with van der Waals surface area (Å²) in [7, 11) is 0. The summed E-state index contributed by atoms with van der Waals surface area (Å²) in [6.45, 7) is 11.0. The normalized spacial score (nSPS) is 16.4. The number of nitrogens with zero attached hydrogens (tertiary/aromatic N) is 1. The van der Waals surface area contributed by atoms with Crippen LogP contribution in [0.3, 0.4) is 0 Å². The molecule has 1 unspecified atom stereocenters. The molecule has 1 aromatic carbocycles. The van der Waals surface area contributed by atoms with Gasteiger partial charge in [-0.05, 0) is 67.7 Å². The van der Waals surface area contributed by atoms with Crippen molar-refractivity contribution in [1.29, 1.82) is 5.41 Å². The van der Waals surface area contributed by atoms with E-state index < -0.39 is 0 Å². The number of benzene rings is 1. The number of rotatable bonds is 10. The number of carbonyl (C=O) groups excluding carboxylic acids is 2. The number of allylic oxidation sites excluding steroid dienone is 2. The van der Waals surface area contributed by atoms with Crippen LogP contribution in [0.2, 0.25) is 0 Å². The van der Waals surface area contributed by atoms with Crippen LogP contribution in [0.4, 0.5) is 0 Å². The standard InChI is InChI=1S/C27H39IN2O2/c1-6-8-14-30-24(31)11-9-10-23(29)25(18(3)4)26(30)27(32)22-16-20(7-2)15-21(17-22)13-12-19(5)28/h15-19,29H,6-14H2,1-5H3. The van der Waals surface area contributed by atoms with E-state index >= 15 is 0 Å². The highest BCUT2D eigenvalue weighted by Crippen LogP contribution is 2.29. The number of amides is 1. The van der Waals surface area contributed by atoms with Gasteiger partial charge >= 0.3 is 0 Å². The summed E-state index contributed by atoms with van der Waals surface area (Å²) in [4.78, 5) is 28.9. The fraction of sp³-hybridized carbons (Fsp3) is 0.593. The molecule has 176 valence electrons. The van der Waals surface area contributed by atoms with Crippen LogP contribution in [0, 0.1) is 11.3 Å². The molecule has 0 aromatic heterocycles. The lowest BCUT2D eigenvalue weighted by molar-refractivity contribution is -0.129. The Morgan fingerprint density at radius 3 is 2.41 bits per heavy atom. The molecule has 5 heteroatoms. The summed E-state index contributed by atoms with van der Waals surface area (Å²) in [6, 6.07) is 6.19. The first kappa shape index (κ1) is 26.7. The maximum atomic E-state index is 14.1. The molecule has 4 nitrogen and oxygen atoms in total. The van der Waals surface area contributed by atoms with Crippen LogP contribution in [0.1, 0.15) is 94.6 Å². The molecule has 1 aliphatic heterocycles. The number of halogens is 1. The van der Waals surface area contributed by atoms with Crippen molar-refractivity contribution in [1.82, 2.24) is 4.90 Å². The Morgan fingerprint density at radius 1 is 1.12 bits per heavy atom. The minimum Gasteiger partial charge on any atom is -0.309 e. The number of hydrogen-bond donors (Lipinski definition) is 1. The first-order valence-corrected chi connectivity index (χ1v) is 13.4. The largest absolute Gasteiger partial charge is 0.309 e. The third-order valence-electron chi connectivity index (χ3n) is 6.05. The Balaban J connectivity index is 2.65. The summed E-state index contributed by atoms with van der Waals surface area (Å²) in [5.74, 6) is -0.0906. The van der Waals surface area contributed by atoms with Crippen LogP contribution in [-0.4, -0.2) is 32.8 Å². The first-order valence-electron chi connectivity index (χ1n) is 12.1. The molecule has 1 atom stereocenters. The highest BCUT2D eigenvalue weighted by molar-refractivity contribution is 14.1. The van der Waals surface area contributed by atoms with Crippen molar-refractivity contribution in [2.75, 3.05) is 6.54 Å². The van der Waals surface area contributed by atoms with Gasteiger partial charge in [-0.15, -0.1) is 0 Å². The van der Waals surface area contributed by atoms with E-state index in [9.17, 15) is 9.59 Å². The topological polar surface area (TPSA) is 61.2 Å². The second-order valence-corrected chi connectivity index (χ2v) is 11.3. The average Bonchev–Trinajstić information content (AvgIpc) is 2.75. The molecule has 1 heterocycles. The second-order valence-electron chi connectivity index (χ2n) is 9.19. The van der Waals surface area contributed by atoms with Crippen molar-refractivity contribution >= 4 is 40.0 Å². The molecule has 1 aliphatic rings. The van der Waals surface area contributed by atoms with E-state index in [-0.39, 0.29) is 17.6 Å². The predicted octanol–water partition coefficient (Wildman–Crippen LogP) is 6.93. The first-order chi connectivity index (χ1) is 15.2. The highest BCUT2D eigenvalue weighted by Gasteiger charge is 2.32. The van der Waals surface area contributed by atoms with E-state index in [2.05, 4.69) is 49.4 Å². The SMILES string of the molecule is CCCCN1C(=O)CCCC(=N)C(C(C)C)=C1C(=O)c1cc(CC)cc(CCC(C)I)c1. The number of ketones is 1. The summed E-state index contributed by atoms with van der Waals surface area (Å²) in [6.07, 6.45) is 6.25. The summed E-state index contributed by atoms with van der Waals surface area (Å²) < 4.78 is 0.570. The van der Waals surface area contributed by atoms with Gasteiger partial charge in [0, 0.05) is 33.7 Å². The molecule has 0 bridgehead atoms. The Labute approximate surface area is 207 Å². The number of alkyl halides is 1. The number of unbranched alkanes of at least 4 members (excludes halogenated alkanes) is 1. The molecule has 0 fully saturated rings. The summed E-state index contributed by atoms with van der Waals surface area (Å²) in [5.41, 5.74) is 4.66. The number of nitrogens with one attached hydrogen (secondary N) is 1. The monoisotopic (exact) mass is 550 g/mol. The van der Waals surface area contributed by atoms with Crippen molar-refractivity contribution in [3.8, 4) is 0 Å². The quantitative estimate of drug-likeness (QED) is 0.195. The molecule has 32 heavy (non-hydrogen) atoms. The molecule has 0 radical (unpaired) electrons. The molecule has 1 aromatic rings. The molecular formula is C27H39IN2O2. The van der Waals surface area contributed by atoms with Gasteiger partial charge in [0.05, 0.1) is 5.70 Å². The van der Waals surface area contributed by atoms with E-state index in [4.69, 9.17) is 5.41 Å². The van der Waals surface area contributed by atoms with Crippen LogP contribution >= 0.6 is 22.6 Å². The molecule has 0 spiro atoms. The van der Waals surface area contributed by atoms with E-state index in [1.807, 2.05) is 26.0 Å². The number of carbonyl (C=O) groups is 2. The smallest absolute Gasteiger partial charge is 0.227 e. The third kappa shape index (κ3) is 7.00. The van der Waals surface area contributed by atoms with Gasteiger partial charge in [0.25, 0.3) is 0 Å². The minimum absolute atomic E-state index is 0.00479. The lowest BCUT2D eigenvalue weighted by Crippen LogP contribution is -2.38. The maximum Gasteiger partial charge on any atom is 0.227 e. The Bertz CT molecular complexity index is 870. The molecule has 0 aliphatic carbocycles. The highest BCUT2D eigenvalue weighted by atomic mass is 127. The van der Waals surface area contributed by atoms with Gasteiger partial charge in [0.2, 0.25) is 11.7 Å². The third-order valence-corrected chi connectivity index (χ3v) is 6.67. The molecule has 0 saturated heterocycles. The van der Waals surface area contributed by atoms with Gasteiger partial charge < -0.3 is 10.3 Å². The van der Waals surface area contributed by atoms with Crippen molar-refractivity contribution in [3.63, 3.8) is 0 Å². The van der Waals surface area contributed by atoms with E-state index in [1.54, 1.807) is 4.90 Å². The minimum atomic E-state index is -0.108. The van der Waals surface area contributed by atoms with Crippen molar-refractivity contribution in [2.24, 2.45) is 5.92 Å². The lowest BCUT2D eigenvalue weighted by atomic mass is 9.87. The van der Waals surface area contributed by atoms with Crippen LogP contribution in [0.5, 0.6) is 0 Å². The van der Waals surface area contributed by atoms with Crippen molar-refractivity contribution in [2.45, 2.75) is 89.9 Å². The van der Waals surface area contributed by atoms with E-state index in [1.165, 1.54) is 5.56 Å². The number of Topliss-reactive ketones (excluding diaryl/α,β-unsaturated/α-hetero) is 1. The zero-order valence-corrected chi connectivity index (χ0v) is 22.5. The van der Waals surface area contributed by atoms with Gasteiger partial charge in [-0.2, -0.15) is 0 Å². The molecule has 0 saturated carbocycles. The summed E-state index contributed by atoms with van der Waals surface area (Å²) >= 11 is 2.44. The Hall–Kier alpha value is -1.50. The zero-order valence-electron chi connectivity index (χ0n) is 20.4. The fourth-order valence-electron chi connectivity index (χ4n) is 4.26. The van der Waals surface area contributed by atoms with Crippen LogP contribution < -0.4 is 0 Å². The molecular weight excluding hydrogens is 511 g/mol. The van der Waals surface area contributed by atoms with E-state index in [0.29, 0.717) is 46.7 Å². The van der Waals surface area contributed by atoms with Crippen LogP contribution in [-0.2, 0) is 17.6 Å². The van der Waals surface area contributed by atoms with Gasteiger partial charge in [-0.1, -0.05) is 69.7 Å². The van der Waals surface area contributed by atoms with Crippen molar-refractivity contribution in [3.05, 3.63) is 46.2 Å². The van der Waals surface area contributed by atoms with Gasteiger partial charge in [-0.3, -0.25) is 9.59 Å². The summed E-state index contributed by atoms with van der Waals surface area (Å²) in [5, 5.41) is 8.72. The zero-order chi connectivity index (χ0) is 23.8. The Morgan fingerprint density at radius 2 is 1.81 bits per heavy atom. The lowest BCUT2D eigenvalue weighted by Gasteiger charge is -2.31.